The molecule has 0 radical (unpaired) electrons. The summed E-state index contributed by atoms with van der Waals surface area (Å²) >= 11 is 0. The molecule has 2 atom stereocenters. The monoisotopic (exact) mass is 424 g/mol. The van der Waals surface area contributed by atoms with Gasteiger partial charge in [-0.15, -0.1) is 0 Å². The normalized spacial score (nSPS) is 23.3. The molecule has 1 aromatic heterocycles. The van der Waals surface area contributed by atoms with Crippen molar-refractivity contribution in [3.05, 3.63) is 47.8 Å². The highest BCUT2D eigenvalue weighted by Gasteiger charge is 2.35. The lowest BCUT2D eigenvalue weighted by Crippen LogP contribution is -2.51. The van der Waals surface area contributed by atoms with Crippen LogP contribution in [0.25, 0.3) is 0 Å². The molecule has 0 bridgehead atoms. The van der Waals surface area contributed by atoms with E-state index in [0.717, 1.165) is 57.9 Å². The van der Waals surface area contributed by atoms with Gasteiger partial charge in [0, 0.05) is 26.3 Å². The maximum Gasteiger partial charge on any atom is 0.272 e. The molecule has 1 aliphatic carbocycles. The number of nitrogens with zero attached hydrogens (tertiary/aromatic N) is 3. The van der Waals surface area contributed by atoms with E-state index in [2.05, 4.69) is 10.2 Å². The lowest BCUT2D eigenvalue weighted by molar-refractivity contribution is 0.0263. The largest absolute Gasteiger partial charge is 0.487 e. The molecule has 2 amide bonds. The molecule has 1 aromatic carbocycles. The van der Waals surface area contributed by atoms with Gasteiger partial charge in [0.2, 0.25) is 0 Å². The van der Waals surface area contributed by atoms with Gasteiger partial charge in [0.1, 0.15) is 17.5 Å². The van der Waals surface area contributed by atoms with E-state index in [1.807, 2.05) is 36.2 Å². The number of hydrogen-bond donors (Lipinski definition) is 1. The van der Waals surface area contributed by atoms with E-state index in [9.17, 15) is 9.59 Å². The maximum atomic E-state index is 13.3. The van der Waals surface area contributed by atoms with Crippen molar-refractivity contribution in [2.45, 2.75) is 63.5 Å². The van der Waals surface area contributed by atoms with Crippen LogP contribution in [0.2, 0.25) is 0 Å². The summed E-state index contributed by atoms with van der Waals surface area (Å²) in [6, 6.07) is 9.21. The first-order valence-electron chi connectivity index (χ1n) is 11.5. The zero-order chi connectivity index (χ0) is 21.6. The first-order chi connectivity index (χ1) is 15.1. The average molecular weight is 425 g/mol. The Bertz CT molecular complexity index is 883. The van der Waals surface area contributed by atoms with Crippen LogP contribution in [-0.2, 0) is 0 Å². The van der Waals surface area contributed by atoms with E-state index < -0.39 is 0 Å². The molecule has 0 unspecified atom stereocenters. The van der Waals surface area contributed by atoms with Gasteiger partial charge in [-0.05, 0) is 50.3 Å². The number of benzene rings is 1. The van der Waals surface area contributed by atoms with Crippen LogP contribution in [0, 0.1) is 0 Å². The lowest BCUT2D eigenvalue weighted by Gasteiger charge is -2.40. The van der Waals surface area contributed by atoms with Gasteiger partial charge in [0.15, 0.2) is 0 Å². The van der Waals surface area contributed by atoms with E-state index >= 15 is 0 Å². The summed E-state index contributed by atoms with van der Waals surface area (Å²) in [4.78, 5) is 30.2. The van der Waals surface area contributed by atoms with Crippen LogP contribution in [0.4, 0.5) is 0 Å². The molecule has 2 heterocycles. The number of nitrogens with one attached hydrogen (secondary N) is 1. The second-order valence-electron chi connectivity index (χ2n) is 8.61. The third-order valence-electron chi connectivity index (χ3n) is 6.45. The number of para-hydroxylation sites is 1. The van der Waals surface area contributed by atoms with Crippen LogP contribution in [0.15, 0.2) is 36.5 Å². The predicted molar refractivity (Wildman–Crippen MR) is 118 cm³/mol. The molecule has 0 saturated heterocycles. The fourth-order valence-corrected chi connectivity index (χ4v) is 4.72. The van der Waals surface area contributed by atoms with E-state index in [0.29, 0.717) is 23.6 Å². The molecule has 0 spiro atoms. The number of carbonyl (C=O) groups excluding carboxylic acids is 2. The zero-order valence-corrected chi connectivity index (χ0v) is 18.3. The Morgan fingerprint density at radius 1 is 1.03 bits per heavy atom. The quantitative estimate of drug-likeness (QED) is 0.753. The summed E-state index contributed by atoms with van der Waals surface area (Å²) in [5.74, 6) is 0.585. The SMILES string of the molecule is CN1CCCCCCN(C(=O)c2ccn[nH]2)[C@@H]2CCCC[C@@H]2Oc2ccccc2C1=O. The number of fused-ring (bicyclic) bond motifs is 2. The third kappa shape index (κ3) is 4.92. The Balaban J connectivity index is 1.66. The van der Waals surface area contributed by atoms with Crippen LogP contribution < -0.4 is 4.74 Å². The third-order valence-corrected chi connectivity index (χ3v) is 6.45. The van der Waals surface area contributed by atoms with Crippen LogP contribution in [0.5, 0.6) is 5.75 Å². The highest BCUT2D eigenvalue weighted by atomic mass is 16.5. The summed E-state index contributed by atoms with van der Waals surface area (Å²) < 4.78 is 6.49. The fraction of sp³-hybridized carbons (Fsp3) is 0.542. The van der Waals surface area contributed by atoms with Crippen LogP contribution in [0.1, 0.15) is 72.2 Å². The Morgan fingerprint density at radius 2 is 1.81 bits per heavy atom. The predicted octanol–water partition coefficient (Wildman–Crippen LogP) is 3.89. The molecule has 7 nitrogen and oxygen atoms in total. The highest BCUT2D eigenvalue weighted by Crippen LogP contribution is 2.31. The van der Waals surface area contributed by atoms with E-state index in [1.165, 1.54) is 0 Å². The first-order valence-corrected chi connectivity index (χ1v) is 11.5. The van der Waals surface area contributed by atoms with Gasteiger partial charge in [-0.25, -0.2) is 0 Å². The molecule has 2 aromatic rings. The molecule has 1 fully saturated rings. The zero-order valence-electron chi connectivity index (χ0n) is 18.3. The number of H-pyrrole nitrogens is 1. The first kappa shape index (κ1) is 21.4. The topological polar surface area (TPSA) is 78.5 Å². The van der Waals surface area contributed by atoms with Crippen molar-refractivity contribution in [3.63, 3.8) is 0 Å². The summed E-state index contributed by atoms with van der Waals surface area (Å²) in [6.07, 6.45) is 9.34. The summed E-state index contributed by atoms with van der Waals surface area (Å²) in [5, 5.41) is 6.80. The maximum absolute atomic E-state index is 13.3. The highest BCUT2D eigenvalue weighted by molar-refractivity contribution is 5.96. The second-order valence-corrected chi connectivity index (χ2v) is 8.61. The Hall–Kier alpha value is -2.83. The standard InChI is InChI=1S/C24H32N4O3/c1-27-16-8-2-3-9-17-28(24(30)19-14-15-25-26-19)20-11-5-7-13-22(20)31-21-12-6-4-10-18(21)23(27)29/h4,6,10,12,14-15,20,22H,2-3,5,7-9,11,13,16-17H2,1H3,(H,25,26)/t20-,22+/m1/s1. The lowest BCUT2D eigenvalue weighted by atomic mass is 9.90. The molecule has 1 N–H and O–H groups in total. The molecule has 7 heteroatoms. The van der Waals surface area contributed by atoms with Gasteiger partial charge in [-0.3, -0.25) is 14.7 Å². The molecule has 1 aliphatic heterocycles. The fourth-order valence-electron chi connectivity index (χ4n) is 4.72. The van der Waals surface area contributed by atoms with Gasteiger partial charge in [-0.2, -0.15) is 5.10 Å². The molecule has 166 valence electrons. The number of amides is 2. The van der Waals surface area contributed by atoms with Crippen LogP contribution in [-0.4, -0.2) is 64.1 Å². The minimum absolute atomic E-state index is 0.00888. The van der Waals surface area contributed by atoms with Crippen molar-refractivity contribution in [2.75, 3.05) is 20.1 Å². The number of aromatic amines is 1. The molecule has 4 rings (SSSR count). The second kappa shape index (κ2) is 9.98. The van der Waals surface area contributed by atoms with Gasteiger partial charge in [0.05, 0.1) is 11.6 Å². The van der Waals surface area contributed by atoms with E-state index in [1.54, 1.807) is 17.2 Å². The van der Waals surface area contributed by atoms with Crippen LogP contribution in [0.3, 0.4) is 0 Å². The summed E-state index contributed by atoms with van der Waals surface area (Å²) in [7, 11) is 1.86. The number of aromatic nitrogens is 2. The smallest absolute Gasteiger partial charge is 0.272 e. The van der Waals surface area contributed by atoms with Gasteiger partial charge >= 0.3 is 0 Å². The Labute approximate surface area is 183 Å². The minimum atomic E-state index is -0.136. The summed E-state index contributed by atoms with van der Waals surface area (Å²) in [6.45, 7) is 1.43. The molecule has 1 saturated carbocycles. The Kier molecular flexibility index (Phi) is 6.89. The number of hydrogen-bond acceptors (Lipinski definition) is 4. The molecule has 31 heavy (non-hydrogen) atoms. The Morgan fingerprint density at radius 3 is 2.61 bits per heavy atom. The van der Waals surface area contributed by atoms with Crippen molar-refractivity contribution in [3.8, 4) is 5.75 Å². The van der Waals surface area contributed by atoms with Gasteiger partial charge in [-0.1, -0.05) is 31.4 Å². The van der Waals surface area contributed by atoms with Crippen molar-refractivity contribution >= 4 is 11.8 Å². The van der Waals surface area contributed by atoms with Crippen molar-refractivity contribution in [1.82, 2.24) is 20.0 Å². The van der Waals surface area contributed by atoms with Gasteiger partial charge in [0.25, 0.3) is 11.8 Å². The van der Waals surface area contributed by atoms with E-state index in [-0.39, 0.29) is 24.0 Å². The average Bonchev–Trinajstić information content (AvgIpc) is 3.33. The van der Waals surface area contributed by atoms with Crippen molar-refractivity contribution in [2.24, 2.45) is 0 Å². The number of carbonyl (C=O) groups is 2. The van der Waals surface area contributed by atoms with Crippen LogP contribution >= 0.6 is 0 Å². The van der Waals surface area contributed by atoms with Crippen molar-refractivity contribution in [1.29, 1.82) is 0 Å². The molecular weight excluding hydrogens is 392 g/mol. The number of ether oxygens (including phenoxy) is 1. The van der Waals surface area contributed by atoms with Gasteiger partial charge < -0.3 is 14.5 Å². The minimum Gasteiger partial charge on any atom is -0.487 e. The van der Waals surface area contributed by atoms with Crippen molar-refractivity contribution < 1.29 is 14.3 Å². The summed E-state index contributed by atoms with van der Waals surface area (Å²) in [5.41, 5.74) is 1.11. The molecular formula is C24H32N4O3. The number of rotatable bonds is 1. The molecule has 2 aliphatic rings. The van der Waals surface area contributed by atoms with E-state index in [4.69, 9.17) is 4.74 Å².